The van der Waals surface area contributed by atoms with Gasteiger partial charge >= 0.3 is 12.0 Å². The number of hydrogen-bond acceptors (Lipinski definition) is 2. The van der Waals surface area contributed by atoms with Gasteiger partial charge in [0.2, 0.25) is 0 Å². The van der Waals surface area contributed by atoms with Crippen LogP contribution in [0.4, 0.5) is 4.79 Å². The minimum atomic E-state index is -0.757. The van der Waals surface area contributed by atoms with Crippen LogP contribution in [0, 0.1) is 16.7 Å². The first-order chi connectivity index (χ1) is 8.74. The molecular weight excluding hydrogens is 244 g/mol. The molecule has 0 aromatic heterocycles. The van der Waals surface area contributed by atoms with Crippen molar-refractivity contribution >= 4 is 12.0 Å². The maximum Gasteiger partial charge on any atom is 0.317 e. The Balaban J connectivity index is 1.75. The van der Waals surface area contributed by atoms with Gasteiger partial charge in [-0.25, -0.2) is 4.79 Å². The molecule has 2 amide bonds. The molecule has 19 heavy (non-hydrogen) atoms. The van der Waals surface area contributed by atoms with E-state index >= 15 is 0 Å². The highest BCUT2D eigenvalue weighted by Gasteiger charge is 2.45. The maximum absolute atomic E-state index is 12.0. The van der Waals surface area contributed by atoms with E-state index in [2.05, 4.69) is 19.2 Å². The van der Waals surface area contributed by atoms with E-state index in [-0.39, 0.29) is 6.03 Å². The second-order valence-electron chi connectivity index (χ2n) is 6.93. The zero-order chi connectivity index (χ0) is 14.3. The molecule has 0 spiro atoms. The largest absolute Gasteiger partial charge is 0.481 e. The van der Waals surface area contributed by atoms with Crippen LogP contribution in [0.3, 0.4) is 0 Å². The molecule has 1 saturated heterocycles. The van der Waals surface area contributed by atoms with Crippen molar-refractivity contribution in [1.82, 2.24) is 10.2 Å². The van der Waals surface area contributed by atoms with Crippen LogP contribution in [0.1, 0.15) is 40.0 Å². The number of carbonyl (C=O) groups excluding carboxylic acids is 1. The Hall–Kier alpha value is -1.26. The monoisotopic (exact) mass is 268 g/mol. The van der Waals surface area contributed by atoms with Crippen molar-refractivity contribution in [1.29, 1.82) is 0 Å². The Kier molecular flexibility index (Phi) is 3.49. The van der Waals surface area contributed by atoms with Crippen molar-refractivity contribution < 1.29 is 14.7 Å². The topological polar surface area (TPSA) is 69.6 Å². The van der Waals surface area contributed by atoms with E-state index in [1.165, 1.54) is 6.42 Å². The number of urea groups is 1. The summed E-state index contributed by atoms with van der Waals surface area (Å²) < 4.78 is 0. The van der Waals surface area contributed by atoms with E-state index in [0.717, 1.165) is 6.54 Å². The maximum atomic E-state index is 12.0. The van der Waals surface area contributed by atoms with Crippen molar-refractivity contribution in [2.24, 2.45) is 16.7 Å². The van der Waals surface area contributed by atoms with Gasteiger partial charge in [-0.2, -0.15) is 0 Å². The Morgan fingerprint density at radius 1 is 1.26 bits per heavy atom. The number of aliphatic carboxylic acids is 1. The van der Waals surface area contributed by atoms with E-state index < -0.39 is 11.4 Å². The van der Waals surface area contributed by atoms with Crippen LogP contribution >= 0.6 is 0 Å². The normalized spacial score (nSPS) is 27.7. The second kappa shape index (κ2) is 4.69. The van der Waals surface area contributed by atoms with Gasteiger partial charge in [0, 0.05) is 19.6 Å². The molecule has 1 atom stereocenters. The average molecular weight is 268 g/mol. The molecule has 1 aliphatic heterocycles. The van der Waals surface area contributed by atoms with Crippen LogP contribution in [-0.4, -0.2) is 41.6 Å². The number of rotatable bonds is 3. The summed E-state index contributed by atoms with van der Waals surface area (Å²) in [5.41, 5.74) is -0.299. The molecule has 2 aliphatic rings. The number of nitrogens with zero attached hydrogens (tertiary/aromatic N) is 1. The molecule has 1 saturated carbocycles. The first-order valence-corrected chi connectivity index (χ1v) is 7.01. The molecule has 5 nitrogen and oxygen atoms in total. The fraction of sp³-hybridized carbons (Fsp3) is 0.857. The Labute approximate surface area is 114 Å². The number of likely N-dealkylation sites (tertiary alicyclic amines) is 1. The van der Waals surface area contributed by atoms with Crippen molar-refractivity contribution in [3.63, 3.8) is 0 Å². The number of carboxylic acids is 1. The lowest BCUT2D eigenvalue weighted by atomic mass is 9.80. The molecule has 1 aliphatic carbocycles. The molecule has 5 heteroatoms. The van der Waals surface area contributed by atoms with E-state index in [1.807, 2.05) is 0 Å². The van der Waals surface area contributed by atoms with Gasteiger partial charge < -0.3 is 15.3 Å². The van der Waals surface area contributed by atoms with Gasteiger partial charge in [0.1, 0.15) is 0 Å². The van der Waals surface area contributed by atoms with Crippen molar-refractivity contribution in [3.05, 3.63) is 0 Å². The summed E-state index contributed by atoms with van der Waals surface area (Å²) >= 11 is 0. The number of hydrogen-bond donors (Lipinski definition) is 2. The van der Waals surface area contributed by atoms with Crippen LogP contribution in [-0.2, 0) is 4.79 Å². The number of piperidine rings is 1. The molecule has 0 aromatic carbocycles. The zero-order valence-corrected chi connectivity index (χ0v) is 12.0. The minimum Gasteiger partial charge on any atom is -0.481 e. The third kappa shape index (κ3) is 3.01. The predicted octanol–water partition coefficient (Wildman–Crippen LogP) is 1.93. The number of amides is 2. The molecule has 2 N–H and O–H groups in total. The smallest absolute Gasteiger partial charge is 0.317 e. The molecule has 1 heterocycles. The zero-order valence-electron chi connectivity index (χ0n) is 12.0. The molecular formula is C14H24N2O3. The van der Waals surface area contributed by atoms with Crippen molar-refractivity contribution in [3.8, 4) is 0 Å². The molecule has 0 radical (unpaired) electrons. The summed E-state index contributed by atoms with van der Waals surface area (Å²) in [5.74, 6) is -0.169. The first kappa shape index (κ1) is 14.2. The summed E-state index contributed by atoms with van der Waals surface area (Å²) in [6.45, 7) is 7.98. The lowest BCUT2D eigenvalue weighted by molar-refractivity contribution is -0.150. The first-order valence-electron chi connectivity index (χ1n) is 7.01. The highest BCUT2D eigenvalue weighted by atomic mass is 16.4. The van der Waals surface area contributed by atoms with Gasteiger partial charge in [0.25, 0.3) is 0 Å². The van der Waals surface area contributed by atoms with Gasteiger partial charge in [-0.15, -0.1) is 0 Å². The summed E-state index contributed by atoms with van der Waals surface area (Å²) in [4.78, 5) is 24.9. The summed E-state index contributed by atoms with van der Waals surface area (Å²) in [6.07, 6.45) is 2.24. The van der Waals surface area contributed by atoms with Crippen molar-refractivity contribution in [2.75, 3.05) is 19.6 Å². The summed E-state index contributed by atoms with van der Waals surface area (Å²) in [5, 5.41) is 12.1. The SMILES string of the molecule is CC1(C(=O)O)CCN(C(=O)NCC2CC2(C)C)CC1. The second-order valence-corrected chi connectivity index (χ2v) is 6.93. The van der Waals surface area contributed by atoms with Gasteiger partial charge in [-0.05, 0) is 37.5 Å². The van der Waals surface area contributed by atoms with Gasteiger partial charge in [-0.1, -0.05) is 13.8 Å². The Morgan fingerprint density at radius 3 is 2.21 bits per heavy atom. The van der Waals surface area contributed by atoms with Crippen LogP contribution in [0.2, 0.25) is 0 Å². The molecule has 2 fully saturated rings. The van der Waals surface area contributed by atoms with Gasteiger partial charge in [-0.3, -0.25) is 4.79 Å². The van der Waals surface area contributed by atoms with Crippen LogP contribution in [0.5, 0.6) is 0 Å². The molecule has 0 aromatic rings. The van der Waals surface area contributed by atoms with Crippen LogP contribution in [0.15, 0.2) is 0 Å². The van der Waals surface area contributed by atoms with Crippen molar-refractivity contribution in [2.45, 2.75) is 40.0 Å². The number of carboxylic acid groups (broad SMARTS) is 1. The molecule has 1 unspecified atom stereocenters. The van der Waals surface area contributed by atoms with Crippen LogP contribution in [0.25, 0.3) is 0 Å². The standard InChI is InChI=1S/C14H24N2O3/c1-13(2)8-10(13)9-15-12(19)16-6-4-14(3,5-7-16)11(17)18/h10H,4-9H2,1-3H3,(H,15,19)(H,17,18). The van der Waals surface area contributed by atoms with Gasteiger partial charge in [0.05, 0.1) is 5.41 Å². The third-order valence-electron chi connectivity index (χ3n) is 4.89. The molecule has 0 bridgehead atoms. The predicted molar refractivity (Wildman–Crippen MR) is 71.8 cm³/mol. The van der Waals surface area contributed by atoms with E-state index in [1.54, 1.807) is 11.8 Å². The van der Waals surface area contributed by atoms with Gasteiger partial charge in [0.15, 0.2) is 0 Å². The molecule has 108 valence electrons. The quantitative estimate of drug-likeness (QED) is 0.821. The minimum absolute atomic E-state index is 0.0462. The van der Waals surface area contributed by atoms with Crippen LogP contribution < -0.4 is 5.32 Å². The van der Waals surface area contributed by atoms with E-state index in [9.17, 15) is 9.59 Å². The summed E-state index contributed by atoms with van der Waals surface area (Å²) in [6, 6.07) is -0.0462. The average Bonchev–Trinajstić information content (AvgIpc) is 2.95. The number of carbonyl (C=O) groups is 2. The fourth-order valence-electron chi connectivity index (χ4n) is 2.66. The Morgan fingerprint density at radius 2 is 1.79 bits per heavy atom. The molecule has 2 rings (SSSR count). The number of nitrogens with one attached hydrogen (secondary N) is 1. The lowest BCUT2D eigenvalue weighted by Crippen LogP contribution is -2.49. The summed E-state index contributed by atoms with van der Waals surface area (Å²) in [7, 11) is 0. The lowest BCUT2D eigenvalue weighted by Gasteiger charge is -2.36. The Bertz CT molecular complexity index is 384. The fourth-order valence-corrected chi connectivity index (χ4v) is 2.66. The third-order valence-corrected chi connectivity index (χ3v) is 4.89. The van der Waals surface area contributed by atoms with E-state index in [4.69, 9.17) is 5.11 Å². The highest BCUT2D eigenvalue weighted by Crippen LogP contribution is 2.51. The highest BCUT2D eigenvalue weighted by molar-refractivity contribution is 5.77. The van der Waals surface area contributed by atoms with E-state index in [0.29, 0.717) is 37.3 Å².